The Morgan fingerprint density at radius 3 is 1.91 bits per heavy atom. The van der Waals surface area contributed by atoms with Crippen LogP contribution < -0.4 is 4.74 Å². The van der Waals surface area contributed by atoms with E-state index in [1.165, 1.54) is 31.2 Å². The van der Waals surface area contributed by atoms with Gasteiger partial charge >= 0.3 is 18.1 Å². The van der Waals surface area contributed by atoms with Gasteiger partial charge in [0.2, 0.25) is 0 Å². The maximum Gasteiger partial charge on any atom is 0.490 e. The molecule has 0 radical (unpaired) electrons. The summed E-state index contributed by atoms with van der Waals surface area (Å²) >= 11 is 0. The number of halogens is 3. The summed E-state index contributed by atoms with van der Waals surface area (Å²) in [7, 11) is 0. The maximum atomic E-state index is 12.9. The minimum atomic E-state index is -5.08. The van der Waals surface area contributed by atoms with Crippen LogP contribution in [0.25, 0.3) is 0 Å². The second kappa shape index (κ2) is 11.8. The van der Waals surface area contributed by atoms with Crippen LogP contribution in [-0.4, -0.2) is 47.3 Å². The number of carbonyl (C=O) groups is 2. The van der Waals surface area contributed by atoms with Gasteiger partial charge in [-0.15, -0.1) is 0 Å². The Hall–Kier alpha value is -2.87. The van der Waals surface area contributed by atoms with Gasteiger partial charge in [0.15, 0.2) is 6.54 Å². The number of benzene rings is 2. The molecule has 180 valence electrons. The summed E-state index contributed by atoms with van der Waals surface area (Å²) in [5.74, 6) is -2.14. The predicted molar refractivity (Wildman–Crippen MR) is 119 cm³/mol. The van der Waals surface area contributed by atoms with Crippen LogP contribution in [0.1, 0.15) is 42.4 Å². The number of carboxylic acid groups (broad SMARTS) is 1. The third-order valence-electron chi connectivity index (χ3n) is 5.71. The van der Waals surface area contributed by atoms with Crippen LogP contribution in [0.3, 0.4) is 0 Å². The average molecular weight is 467 g/mol. The summed E-state index contributed by atoms with van der Waals surface area (Å²) < 4.78 is 38.4. The average Bonchev–Trinajstić information content (AvgIpc) is 2.97. The van der Waals surface area contributed by atoms with E-state index in [1.807, 2.05) is 38.1 Å². The van der Waals surface area contributed by atoms with Gasteiger partial charge in [0, 0.05) is 5.56 Å². The fourth-order valence-corrected chi connectivity index (χ4v) is 4.08. The quantitative estimate of drug-likeness (QED) is 0.362. The first-order valence-corrected chi connectivity index (χ1v) is 11.0. The van der Waals surface area contributed by atoms with Gasteiger partial charge in [-0.1, -0.05) is 48.5 Å². The van der Waals surface area contributed by atoms with Gasteiger partial charge < -0.3 is 14.3 Å². The van der Waals surface area contributed by atoms with Gasteiger partial charge in [0.05, 0.1) is 13.1 Å². The molecule has 1 aliphatic heterocycles. The number of hydrogen-bond donors (Lipinski definition) is 1. The standard InChI is InChI=1S/C23H30NO2.C2HF3O2/c1-19-11-10-12-20(2)23(19)26-22(25)18-24(15-8-3-4-9-16-24)17-21-13-6-5-7-14-21;3-2(4,5)1(6)7/h5-7,10-14H,3-4,8-9,15-18H2,1-2H3;(H,6,7)/q+1;. The topological polar surface area (TPSA) is 63.6 Å². The fraction of sp³-hybridized carbons (Fsp3) is 0.440. The lowest BCUT2D eigenvalue weighted by atomic mass is 10.1. The molecule has 5 nitrogen and oxygen atoms in total. The Bertz CT molecular complexity index is 901. The van der Waals surface area contributed by atoms with Crippen LogP contribution in [0.2, 0.25) is 0 Å². The lowest BCUT2D eigenvalue weighted by molar-refractivity contribution is -0.933. The Kier molecular flexibility index (Phi) is 9.46. The number of hydrogen-bond acceptors (Lipinski definition) is 3. The van der Waals surface area contributed by atoms with E-state index in [2.05, 4.69) is 24.3 Å². The summed E-state index contributed by atoms with van der Waals surface area (Å²) in [5, 5.41) is 7.12. The molecule has 1 heterocycles. The first kappa shape index (κ1) is 26.4. The van der Waals surface area contributed by atoms with E-state index < -0.39 is 12.1 Å². The number of alkyl halides is 3. The fourth-order valence-electron chi connectivity index (χ4n) is 4.08. The normalized spacial score (nSPS) is 15.5. The van der Waals surface area contributed by atoms with Crippen molar-refractivity contribution in [3.63, 3.8) is 0 Å². The summed E-state index contributed by atoms with van der Waals surface area (Å²) in [6.45, 7) is 7.45. The molecule has 1 aliphatic rings. The van der Waals surface area contributed by atoms with Crippen molar-refractivity contribution in [1.29, 1.82) is 0 Å². The molecule has 3 rings (SSSR count). The molecule has 0 spiro atoms. The van der Waals surface area contributed by atoms with E-state index in [1.54, 1.807) is 0 Å². The van der Waals surface area contributed by atoms with Crippen molar-refractivity contribution < 1.29 is 37.1 Å². The summed E-state index contributed by atoms with van der Waals surface area (Å²) in [4.78, 5) is 21.8. The Morgan fingerprint density at radius 1 is 0.909 bits per heavy atom. The highest BCUT2D eigenvalue weighted by Crippen LogP contribution is 2.25. The highest BCUT2D eigenvalue weighted by Gasteiger charge is 2.38. The number of carboxylic acids is 1. The molecule has 0 aromatic heterocycles. The molecule has 0 amide bonds. The molecule has 33 heavy (non-hydrogen) atoms. The highest BCUT2D eigenvalue weighted by molar-refractivity contribution is 5.74. The monoisotopic (exact) mass is 466 g/mol. The van der Waals surface area contributed by atoms with Gasteiger partial charge in [0.1, 0.15) is 12.3 Å². The van der Waals surface area contributed by atoms with E-state index in [0.717, 1.165) is 41.0 Å². The third kappa shape index (κ3) is 8.53. The van der Waals surface area contributed by atoms with Crippen molar-refractivity contribution >= 4 is 11.9 Å². The highest BCUT2D eigenvalue weighted by atomic mass is 19.4. The van der Waals surface area contributed by atoms with E-state index in [4.69, 9.17) is 14.6 Å². The van der Waals surface area contributed by atoms with E-state index in [-0.39, 0.29) is 5.97 Å². The first-order chi connectivity index (χ1) is 15.5. The Balaban J connectivity index is 0.000000479. The maximum absolute atomic E-state index is 12.9. The predicted octanol–water partition coefficient (Wildman–Crippen LogP) is 5.43. The number of carbonyl (C=O) groups excluding carboxylic acids is 1. The Morgan fingerprint density at radius 2 is 1.42 bits per heavy atom. The SMILES string of the molecule is Cc1cccc(C)c1OC(=O)C[N+]1(Cc2ccccc2)CCCCCC1.O=C(O)C(F)(F)F. The minimum Gasteiger partial charge on any atom is -0.475 e. The van der Waals surface area contributed by atoms with Crippen molar-refractivity contribution in [3.8, 4) is 5.75 Å². The number of quaternary nitrogens is 1. The van der Waals surface area contributed by atoms with Crippen LogP contribution in [0, 0.1) is 13.8 Å². The van der Waals surface area contributed by atoms with Crippen LogP contribution >= 0.6 is 0 Å². The summed E-state index contributed by atoms with van der Waals surface area (Å²) in [6.07, 6.45) is -0.186. The molecular weight excluding hydrogens is 435 g/mol. The van der Waals surface area contributed by atoms with Gasteiger partial charge in [0.25, 0.3) is 0 Å². The van der Waals surface area contributed by atoms with Crippen LogP contribution in [0.4, 0.5) is 13.2 Å². The summed E-state index contributed by atoms with van der Waals surface area (Å²) in [5.41, 5.74) is 3.34. The molecule has 1 fully saturated rings. The zero-order valence-corrected chi connectivity index (χ0v) is 19.0. The second-order valence-corrected chi connectivity index (χ2v) is 8.50. The number of ether oxygens (including phenoxy) is 1. The van der Waals surface area contributed by atoms with Gasteiger partial charge in [-0.05, 0) is 50.7 Å². The number of rotatable bonds is 5. The molecular formula is C25H31F3NO4+. The minimum absolute atomic E-state index is 0.111. The van der Waals surface area contributed by atoms with E-state index in [9.17, 15) is 18.0 Å². The molecule has 0 saturated carbocycles. The lowest BCUT2D eigenvalue weighted by Gasteiger charge is -2.37. The molecule has 0 unspecified atom stereocenters. The number of aliphatic carboxylic acids is 1. The lowest BCUT2D eigenvalue weighted by Crippen LogP contribution is -2.52. The van der Waals surface area contributed by atoms with Gasteiger partial charge in [-0.2, -0.15) is 13.2 Å². The van der Waals surface area contributed by atoms with Crippen LogP contribution in [-0.2, 0) is 16.1 Å². The molecule has 1 saturated heterocycles. The van der Waals surface area contributed by atoms with Gasteiger partial charge in [-0.25, -0.2) is 9.59 Å². The molecule has 1 N–H and O–H groups in total. The third-order valence-corrected chi connectivity index (χ3v) is 5.71. The molecule has 0 aliphatic carbocycles. The molecule has 2 aromatic carbocycles. The zero-order chi connectivity index (χ0) is 24.5. The molecule has 0 bridgehead atoms. The van der Waals surface area contributed by atoms with E-state index in [0.29, 0.717) is 6.54 Å². The largest absolute Gasteiger partial charge is 0.490 e. The molecule has 8 heteroatoms. The van der Waals surface area contributed by atoms with Crippen molar-refractivity contribution in [2.24, 2.45) is 0 Å². The van der Waals surface area contributed by atoms with E-state index >= 15 is 0 Å². The number of esters is 1. The second-order valence-electron chi connectivity index (χ2n) is 8.50. The van der Waals surface area contributed by atoms with Crippen LogP contribution in [0.15, 0.2) is 48.5 Å². The van der Waals surface area contributed by atoms with Gasteiger partial charge in [-0.3, -0.25) is 0 Å². The van der Waals surface area contributed by atoms with Crippen molar-refractivity contribution in [3.05, 3.63) is 65.2 Å². The number of para-hydroxylation sites is 1. The van der Waals surface area contributed by atoms with Crippen molar-refractivity contribution in [1.82, 2.24) is 0 Å². The molecule has 0 atom stereocenters. The number of likely N-dealkylation sites (tertiary alicyclic amines) is 1. The molecule has 2 aromatic rings. The first-order valence-electron chi connectivity index (χ1n) is 11.0. The van der Waals surface area contributed by atoms with Crippen molar-refractivity contribution in [2.75, 3.05) is 19.6 Å². The zero-order valence-electron chi connectivity index (χ0n) is 19.0. The smallest absolute Gasteiger partial charge is 0.475 e. The van der Waals surface area contributed by atoms with Crippen LogP contribution in [0.5, 0.6) is 5.75 Å². The number of nitrogens with zero attached hydrogens (tertiary/aromatic N) is 1. The van der Waals surface area contributed by atoms with Crippen molar-refractivity contribution in [2.45, 2.75) is 52.3 Å². The summed E-state index contributed by atoms with van der Waals surface area (Å²) in [6, 6.07) is 16.5. The number of aryl methyl sites for hydroxylation is 2. The Labute approximate surface area is 192 Å².